The predicted molar refractivity (Wildman–Crippen MR) is 140 cm³/mol. The van der Waals surface area contributed by atoms with E-state index in [1.807, 2.05) is 31.2 Å². The lowest BCUT2D eigenvalue weighted by atomic mass is 10.1. The Balaban J connectivity index is 1.31. The van der Waals surface area contributed by atoms with E-state index in [0.717, 1.165) is 5.39 Å². The maximum Gasteiger partial charge on any atom is 0.270 e. The molecule has 11 heteroatoms. The molecular weight excluding hydrogens is 506 g/mol. The summed E-state index contributed by atoms with van der Waals surface area (Å²) < 4.78 is 27.6. The van der Waals surface area contributed by atoms with Gasteiger partial charge in [0.15, 0.2) is 5.78 Å². The van der Waals surface area contributed by atoms with Crippen LogP contribution in [0.2, 0.25) is 0 Å². The van der Waals surface area contributed by atoms with Crippen molar-refractivity contribution >= 4 is 38.5 Å². The number of hydrogen-bond acceptors (Lipinski definition) is 7. The van der Waals surface area contributed by atoms with Crippen molar-refractivity contribution in [3.05, 3.63) is 72.2 Å². The fourth-order valence-corrected chi connectivity index (χ4v) is 7.05. The lowest BCUT2D eigenvalue weighted by Crippen LogP contribution is -2.52. The summed E-state index contributed by atoms with van der Waals surface area (Å²) in [5.41, 5.74) is 1.40. The summed E-state index contributed by atoms with van der Waals surface area (Å²) >= 11 is 0. The number of amides is 2. The van der Waals surface area contributed by atoms with Crippen LogP contribution in [0.4, 0.5) is 0 Å². The van der Waals surface area contributed by atoms with Crippen molar-refractivity contribution in [1.82, 2.24) is 24.5 Å². The molecule has 0 bridgehead atoms. The molecule has 2 aliphatic heterocycles. The van der Waals surface area contributed by atoms with Gasteiger partial charge in [-0.05, 0) is 36.6 Å². The van der Waals surface area contributed by atoms with Crippen molar-refractivity contribution in [2.45, 2.75) is 50.1 Å². The second-order valence-corrected chi connectivity index (χ2v) is 11.6. The van der Waals surface area contributed by atoms with Gasteiger partial charge in [-0.25, -0.2) is 13.4 Å². The Hall–Kier alpha value is -3.70. The van der Waals surface area contributed by atoms with Gasteiger partial charge < -0.3 is 10.2 Å². The van der Waals surface area contributed by atoms with Gasteiger partial charge in [-0.2, -0.15) is 4.31 Å². The van der Waals surface area contributed by atoms with Gasteiger partial charge in [-0.1, -0.05) is 43.7 Å². The molecule has 1 N–H and O–H groups in total. The quantitative estimate of drug-likeness (QED) is 0.466. The fraction of sp³-hybridized carbons (Fsp3) is 0.370. The van der Waals surface area contributed by atoms with Gasteiger partial charge in [0, 0.05) is 24.3 Å². The van der Waals surface area contributed by atoms with Crippen molar-refractivity contribution in [2.75, 3.05) is 13.1 Å². The predicted octanol–water partition coefficient (Wildman–Crippen LogP) is 1.91. The number of nitrogens with one attached hydrogen (secondary N) is 1. The van der Waals surface area contributed by atoms with Gasteiger partial charge in [-0.3, -0.25) is 19.4 Å². The molecule has 0 aliphatic carbocycles. The van der Waals surface area contributed by atoms with Crippen LogP contribution < -0.4 is 5.32 Å². The van der Waals surface area contributed by atoms with Crippen LogP contribution in [0.25, 0.3) is 10.9 Å². The third-order valence-electron chi connectivity index (χ3n) is 7.10. The number of sulfonamides is 1. The molecular formula is C27H29N5O5S. The first-order valence-electron chi connectivity index (χ1n) is 12.7. The topological polar surface area (TPSA) is 130 Å². The zero-order chi connectivity index (χ0) is 26.9. The van der Waals surface area contributed by atoms with E-state index in [4.69, 9.17) is 0 Å². The molecule has 0 saturated carbocycles. The first-order chi connectivity index (χ1) is 18.3. The van der Waals surface area contributed by atoms with Gasteiger partial charge in [0.25, 0.3) is 5.91 Å². The number of fused-ring (bicyclic) bond motifs is 2. The van der Waals surface area contributed by atoms with Crippen LogP contribution in [-0.2, 0) is 25.4 Å². The number of ketones is 1. The van der Waals surface area contributed by atoms with Crippen LogP contribution in [0.1, 0.15) is 42.2 Å². The molecule has 2 aliphatic rings. The molecule has 4 heterocycles. The number of nitrogens with zero attached hydrogens (tertiary/aromatic N) is 4. The minimum Gasteiger partial charge on any atom is -0.339 e. The number of para-hydroxylation sites is 1. The number of carbonyl (C=O) groups is 3. The largest absolute Gasteiger partial charge is 0.339 e. The Bertz CT molecular complexity index is 1480. The molecule has 198 valence electrons. The summed E-state index contributed by atoms with van der Waals surface area (Å²) in [7, 11) is -3.80. The molecule has 0 spiro atoms. The molecule has 0 radical (unpaired) electrons. The van der Waals surface area contributed by atoms with E-state index in [2.05, 4.69) is 15.3 Å². The molecule has 10 nitrogen and oxygen atoms in total. The molecule has 2 fully saturated rings. The highest BCUT2D eigenvalue weighted by Gasteiger charge is 2.54. The Kier molecular flexibility index (Phi) is 7.22. The molecule has 2 aromatic heterocycles. The van der Waals surface area contributed by atoms with Crippen LogP contribution in [0.3, 0.4) is 0 Å². The summed E-state index contributed by atoms with van der Waals surface area (Å²) in [6.07, 6.45) is 4.41. The van der Waals surface area contributed by atoms with Crippen molar-refractivity contribution in [2.24, 2.45) is 0 Å². The van der Waals surface area contributed by atoms with E-state index in [0.29, 0.717) is 30.3 Å². The second kappa shape index (κ2) is 10.6. The average Bonchev–Trinajstić information content (AvgIpc) is 3.49. The lowest BCUT2D eigenvalue weighted by molar-refractivity contribution is -0.138. The number of hydrogen-bond donors (Lipinski definition) is 1. The Morgan fingerprint density at radius 3 is 2.71 bits per heavy atom. The van der Waals surface area contributed by atoms with Gasteiger partial charge in [0.05, 0.1) is 23.9 Å². The van der Waals surface area contributed by atoms with E-state index in [9.17, 15) is 22.8 Å². The van der Waals surface area contributed by atoms with Crippen molar-refractivity contribution < 1.29 is 22.8 Å². The minimum atomic E-state index is -3.80. The summed E-state index contributed by atoms with van der Waals surface area (Å²) in [6, 6.07) is 11.9. The molecule has 5 rings (SSSR count). The Morgan fingerprint density at radius 2 is 1.95 bits per heavy atom. The van der Waals surface area contributed by atoms with E-state index >= 15 is 0 Å². The van der Waals surface area contributed by atoms with Gasteiger partial charge in [-0.15, -0.1) is 0 Å². The van der Waals surface area contributed by atoms with Gasteiger partial charge >= 0.3 is 0 Å². The summed E-state index contributed by atoms with van der Waals surface area (Å²) in [5.74, 6) is -1.43. The van der Waals surface area contributed by atoms with Crippen molar-refractivity contribution in [1.29, 1.82) is 0 Å². The number of likely N-dealkylation sites (tertiary alicyclic amines) is 1. The van der Waals surface area contributed by atoms with E-state index in [-0.39, 0.29) is 36.2 Å². The highest BCUT2D eigenvalue weighted by atomic mass is 32.2. The lowest BCUT2D eigenvalue weighted by Gasteiger charge is -2.28. The zero-order valence-electron chi connectivity index (χ0n) is 21.0. The molecule has 3 atom stereocenters. The SMILES string of the molecule is CCCC(NC(=O)c1ccc2ccccc2n1)C(=O)N1CCC2C1C(=O)CN2S(=O)(=O)Cc1cccnc1. The minimum absolute atomic E-state index is 0.196. The number of rotatable bonds is 8. The normalized spacial score (nSPS) is 20.4. The summed E-state index contributed by atoms with van der Waals surface area (Å²) in [6.45, 7) is 1.87. The molecule has 1 aromatic carbocycles. The number of pyridine rings is 2. The first-order valence-corrected chi connectivity index (χ1v) is 14.3. The maximum absolute atomic E-state index is 13.6. The second-order valence-electron chi connectivity index (χ2n) is 9.67. The Morgan fingerprint density at radius 1 is 1.13 bits per heavy atom. The average molecular weight is 536 g/mol. The highest BCUT2D eigenvalue weighted by molar-refractivity contribution is 7.88. The standard InChI is InChI=1S/C27H29N5O5S/c1-2-6-22(30-26(34)21-11-10-19-8-3-4-9-20(19)29-21)27(35)31-14-12-23-25(31)24(33)16-32(23)38(36,37)17-18-7-5-13-28-15-18/h3-5,7-11,13,15,22-23,25H,2,6,12,14,16-17H2,1H3,(H,30,34). The van der Waals surface area contributed by atoms with E-state index in [1.54, 1.807) is 30.5 Å². The highest BCUT2D eigenvalue weighted by Crippen LogP contribution is 2.33. The van der Waals surface area contributed by atoms with Crippen LogP contribution in [0.5, 0.6) is 0 Å². The zero-order valence-corrected chi connectivity index (χ0v) is 21.8. The Labute approximate surface area is 221 Å². The van der Waals surface area contributed by atoms with Gasteiger partial charge in [0.2, 0.25) is 15.9 Å². The third-order valence-corrected chi connectivity index (χ3v) is 8.91. The molecule has 2 saturated heterocycles. The monoisotopic (exact) mass is 535 g/mol. The van der Waals surface area contributed by atoms with Crippen LogP contribution in [-0.4, -0.2) is 76.4 Å². The number of aromatic nitrogens is 2. The van der Waals surface area contributed by atoms with Crippen molar-refractivity contribution in [3.8, 4) is 0 Å². The number of carbonyl (C=O) groups excluding carboxylic acids is 3. The van der Waals surface area contributed by atoms with E-state index < -0.39 is 34.1 Å². The fourth-order valence-electron chi connectivity index (χ4n) is 5.33. The van der Waals surface area contributed by atoms with Crippen LogP contribution in [0, 0.1) is 0 Å². The number of benzene rings is 1. The molecule has 3 unspecified atom stereocenters. The smallest absolute Gasteiger partial charge is 0.270 e. The third kappa shape index (κ3) is 5.03. The van der Waals surface area contributed by atoms with Crippen LogP contribution >= 0.6 is 0 Å². The van der Waals surface area contributed by atoms with Crippen molar-refractivity contribution in [3.63, 3.8) is 0 Å². The maximum atomic E-state index is 13.6. The molecule has 38 heavy (non-hydrogen) atoms. The van der Waals surface area contributed by atoms with Crippen LogP contribution in [0.15, 0.2) is 60.9 Å². The summed E-state index contributed by atoms with van der Waals surface area (Å²) in [4.78, 5) is 49.5. The first kappa shape index (κ1) is 25.9. The van der Waals surface area contributed by atoms with Gasteiger partial charge in [0.1, 0.15) is 17.8 Å². The molecule has 3 aromatic rings. The number of Topliss-reactive ketones (excluding diaryl/α,β-unsaturated/α-hetero) is 1. The molecule has 2 amide bonds. The summed E-state index contributed by atoms with van der Waals surface area (Å²) in [5, 5.41) is 3.70. The van der Waals surface area contributed by atoms with E-state index in [1.165, 1.54) is 15.4 Å².